The molecule has 3 rings (SSSR count). The van der Waals surface area contributed by atoms with Crippen molar-refractivity contribution in [2.45, 2.75) is 6.61 Å². The molecule has 0 spiro atoms. The molecule has 0 aliphatic carbocycles. The van der Waals surface area contributed by atoms with Gasteiger partial charge < -0.3 is 14.4 Å². The predicted octanol–water partition coefficient (Wildman–Crippen LogP) is 5.18. The molecular weight excluding hydrogens is 352 g/mol. The van der Waals surface area contributed by atoms with Crippen LogP contribution in [0.4, 0.5) is 10.5 Å². The largest absolute Gasteiger partial charge is 0.485 e. The number of carbonyl (C=O) groups excluding carboxylic acids is 1. The maximum atomic E-state index is 12.3. The molecule has 0 fully saturated rings. The van der Waals surface area contributed by atoms with Gasteiger partial charge in [0.15, 0.2) is 11.5 Å². The molecule has 0 aliphatic rings. The molecule has 0 aromatic heterocycles. The Hall–Kier alpha value is -3.47. The number of nitrogens with zero attached hydrogens (tertiary/aromatic N) is 2. The molecule has 0 saturated heterocycles. The Morgan fingerprint density at radius 2 is 1.46 bits per heavy atom. The van der Waals surface area contributed by atoms with Gasteiger partial charge >= 0.3 is 6.03 Å². The van der Waals surface area contributed by atoms with Crippen LogP contribution in [0.5, 0.6) is 17.2 Å². The van der Waals surface area contributed by atoms with Crippen molar-refractivity contribution < 1.29 is 14.3 Å². The van der Waals surface area contributed by atoms with Crippen LogP contribution in [0.3, 0.4) is 0 Å². The van der Waals surface area contributed by atoms with Crippen LogP contribution in [0.15, 0.2) is 78.9 Å². The Bertz CT molecular complexity index is 912. The Morgan fingerprint density at radius 1 is 0.821 bits per heavy atom. The van der Waals surface area contributed by atoms with Crippen molar-refractivity contribution in [3.63, 3.8) is 0 Å². The topological polar surface area (TPSA) is 42.0 Å². The van der Waals surface area contributed by atoms with Gasteiger partial charge in [-0.15, -0.1) is 0 Å². The fraction of sp³-hybridized carbons (Fsp3) is 0.174. The Morgan fingerprint density at radius 3 is 2.11 bits per heavy atom. The summed E-state index contributed by atoms with van der Waals surface area (Å²) in [6.45, 7) is 0.404. The van der Waals surface area contributed by atoms with Crippen molar-refractivity contribution in [1.29, 1.82) is 0 Å². The first kappa shape index (κ1) is 19.3. The van der Waals surface area contributed by atoms with Crippen LogP contribution in [0.25, 0.3) is 0 Å². The number of benzene rings is 3. The van der Waals surface area contributed by atoms with Gasteiger partial charge in [-0.3, -0.25) is 4.90 Å². The van der Waals surface area contributed by atoms with E-state index >= 15 is 0 Å². The van der Waals surface area contributed by atoms with E-state index in [-0.39, 0.29) is 6.03 Å². The molecule has 3 aromatic rings. The minimum absolute atomic E-state index is 0.120. The van der Waals surface area contributed by atoms with Gasteiger partial charge in [0.2, 0.25) is 0 Å². The predicted molar refractivity (Wildman–Crippen MR) is 111 cm³/mol. The van der Waals surface area contributed by atoms with E-state index in [1.807, 2.05) is 78.9 Å². The summed E-state index contributed by atoms with van der Waals surface area (Å²) in [6, 6.07) is 24.8. The lowest BCUT2D eigenvalue weighted by Gasteiger charge is -2.23. The fourth-order valence-corrected chi connectivity index (χ4v) is 2.66. The third-order valence-corrected chi connectivity index (χ3v) is 4.19. The molecule has 3 aromatic carbocycles. The summed E-state index contributed by atoms with van der Waals surface area (Å²) in [7, 11) is 5.17. The zero-order chi connectivity index (χ0) is 19.9. The number of carbonyl (C=O) groups is 1. The van der Waals surface area contributed by atoms with Gasteiger partial charge in [-0.2, -0.15) is 0 Å². The van der Waals surface area contributed by atoms with Gasteiger partial charge in [0, 0.05) is 32.9 Å². The zero-order valence-corrected chi connectivity index (χ0v) is 16.3. The number of urea groups is 1. The van der Waals surface area contributed by atoms with E-state index in [4.69, 9.17) is 9.47 Å². The minimum Gasteiger partial charge on any atom is -0.485 e. The summed E-state index contributed by atoms with van der Waals surface area (Å²) in [5.41, 5.74) is 1.78. The maximum absolute atomic E-state index is 12.3. The zero-order valence-electron chi connectivity index (χ0n) is 16.3. The highest BCUT2D eigenvalue weighted by Crippen LogP contribution is 2.35. The van der Waals surface area contributed by atoms with Crippen LogP contribution in [0.2, 0.25) is 0 Å². The summed E-state index contributed by atoms with van der Waals surface area (Å²) in [5, 5.41) is 0. The van der Waals surface area contributed by atoms with E-state index in [1.54, 1.807) is 26.0 Å². The van der Waals surface area contributed by atoms with Crippen molar-refractivity contribution in [2.24, 2.45) is 0 Å². The molecule has 5 nitrogen and oxygen atoms in total. The van der Waals surface area contributed by atoms with E-state index in [1.165, 1.54) is 4.90 Å². The molecule has 0 radical (unpaired) electrons. The summed E-state index contributed by atoms with van der Waals surface area (Å²) in [5.74, 6) is 1.89. The lowest BCUT2D eigenvalue weighted by molar-refractivity contribution is 0.225. The van der Waals surface area contributed by atoms with Crippen LogP contribution < -0.4 is 14.4 Å². The second-order valence-corrected chi connectivity index (χ2v) is 6.56. The average Bonchev–Trinajstić information content (AvgIpc) is 2.73. The number of rotatable bonds is 6. The smallest absolute Gasteiger partial charge is 0.323 e. The highest BCUT2D eigenvalue weighted by molar-refractivity contribution is 5.91. The summed E-state index contributed by atoms with van der Waals surface area (Å²) >= 11 is 0. The number of anilines is 1. The first-order valence-corrected chi connectivity index (χ1v) is 9.03. The van der Waals surface area contributed by atoms with Crippen molar-refractivity contribution >= 4 is 11.7 Å². The summed E-state index contributed by atoms with van der Waals surface area (Å²) in [4.78, 5) is 15.4. The van der Waals surface area contributed by atoms with Crippen molar-refractivity contribution in [2.75, 3.05) is 26.0 Å². The molecule has 0 aliphatic heterocycles. The average molecular weight is 376 g/mol. The molecule has 0 atom stereocenters. The molecule has 2 amide bonds. The van der Waals surface area contributed by atoms with Gasteiger partial charge in [-0.05, 0) is 29.8 Å². The maximum Gasteiger partial charge on any atom is 0.323 e. The highest BCUT2D eigenvalue weighted by Gasteiger charge is 2.16. The number of hydrogen-bond donors (Lipinski definition) is 0. The van der Waals surface area contributed by atoms with E-state index in [0.717, 1.165) is 17.0 Å². The molecule has 5 heteroatoms. The molecule has 0 bridgehead atoms. The van der Waals surface area contributed by atoms with Crippen LogP contribution >= 0.6 is 0 Å². The number of para-hydroxylation sites is 1. The molecular formula is C23H24N2O3. The normalized spacial score (nSPS) is 10.2. The van der Waals surface area contributed by atoms with E-state index < -0.39 is 0 Å². The third kappa shape index (κ3) is 4.82. The highest BCUT2D eigenvalue weighted by atomic mass is 16.5. The van der Waals surface area contributed by atoms with Crippen LogP contribution in [-0.4, -0.2) is 32.1 Å². The lowest BCUT2D eigenvalue weighted by Crippen LogP contribution is -2.36. The minimum atomic E-state index is -0.120. The molecule has 0 saturated carbocycles. The van der Waals surface area contributed by atoms with Gasteiger partial charge in [0.1, 0.15) is 12.4 Å². The van der Waals surface area contributed by atoms with Gasteiger partial charge in [-0.1, -0.05) is 48.5 Å². The second-order valence-electron chi connectivity index (χ2n) is 6.56. The quantitative estimate of drug-likeness (QED) is 0.596. The van der Waals surface area contributed by atoms with Crippen LogP contribution in [0.1, 0.15) is 5.56 Å². The van der Waals surface area contributed by atoms with Crippen molar-refractivity contribution in [3.8, 4) is 17.2 Å². The Kier molecular flexibility index (Phi) is 6.17. The molecule has 28 heavy (non-hydrogen) atoms. The Balaban J connectivity index is 1.88. The molecule has 0 N–H and O–H groups in total. The number of amides is 2. The monoisotopic (exact) mass is 376 g/mol. The van der Waals surface area contributed by atoms with Crippen molar-refractivity contribution in [3.05, 3.63) is 84.4 Å². The van der Waals surface area contributed by atoms with Crippen LogP contribution in [-0.2, 0) is 6.61 Å². The molecule has 0 heterocycles. The SMILES string of the molecule is CN(C)C(=O)N(C)c1ccc(Oc2ccccc2)c(OCc2ccccc2)c1. The fourth-order valence-electron chi connectivity index (χ4n) is 2.66. The Labute approximate surface area is 165 Å². The van der Waals surface area contributed by atoms with Crippen LogP contribution in [0, 0.1) is 0 Å². The van der Waals surface area contributed by atoms with E-state index in [2.05, 4.69) is 0 Å². The molecule has 144 valence electrons. The van der Waals surface area contributed by atoms with E-state index in [9.17, 15) is 4.79 Å². The lowest BCUT2D eigenvalue weighted by atomic mass is 10.2. The van der Waals surface area contributed by atoms with Gasteiger partial charge in [0.25, 0.3) is 0 Å². The van der Waals surface area contributed by atoms with Gasteiger partial charge in [-0.25, -0.2) is 4.79 Å². The van der Waals surface area contributed by atoms with E-state index in [0.29, 0.717) is 18.1 Å². The summed E-state index contributed by atoms with van der Waals surface area (Å²) in [6.07, 6.45) is 0. The standard InChI is InChI=1S/C23H24N2O3/c1-24(2)23(26)25(3)19-14-15-21(28-20-12-8-5-9-13-20)22(16-19)27-17-18-10-6-4-7-11-18/h4-16H,17H2,1-3H3. The molecule has 0 unspecified atom stereocenters. The third-order valence-electron chi connectivity index (χ3n) is 4.19. The van der Waals surface area contributed by atoms with Gasteiger partial charge in [0.05, 0.1) is 0 Å². The number of ether oxygens (including phenoxy) is 2. The summed E-state index contributed by atoms with van der Waals surface area (Å²) < 4.78 is 12.1. The second kappa shape index (κ2) is 8.95. The first-order chi connectivity index (χ1) is 13.5. The number of hydrogen-bond acceptors (Lipinski definition) is 3. The van der Waals surface area contributed by atoms with Crippen molar-refractivity contribution in [1.82, 2.24) is 4.90 Å². The first-order valence-electron chi connectivity index (χ1n) is 9.03.